The van der Waals surface area contributed by atoms with Crippen LogP contribution in [-0.2, 0) is 9.59 Å². The molecule has 5 nitrogen and oxygen atoms in total. The minimum absolute atomic E-state index is 0.0893. The van der Waals surface area contributed by atoms with E-state index in [0.717, 1.165) is 28.0 Å². The fourth-order valence-corrected chi connectivity index (χ4v) is 4.69. The van der Waals surface area contributed by atoms with Gasteiger partial charge >= 0.3 is 0 Å². The molecule has 1 aliphatic heterocycles. The number of hydrogen-bond donors (Lipinski definition) is 1. The second kappa shape index (κ2) is 9.79. The average molecular weight is 470 g/mol. The minimum Gasteiger partial charge on any atom is -0.507 e. The number of aliphatic hydroxyl groups is 1. The molecule has 0 radical (unpaired) electrons. The van der Waals surface area contributed by atoms with Crippen LogP contribution in [0.4, 0.5) is 5.69 Å². The Kier molecular flexibility index (Phi) is 6.79. The van der Waals surface area contributed by atoms with Gasteiger partial charge in [0.1, 0.15) is 11.5 Å². The van der Waals surface area contributed by atoms with E-state index in [-0.39, 0.29) is 17.3 Å². The van der Waals surface area contributed by atoms with Gasteiger partial charge in [0.05, 0.1) is 18.2 Å². The molecule has 0 bridgehead atoms. The number of benzene rings is 3. The van der Waals surface area contributed by atoms with Gasteiger partial charge in [-0.25, -0.2) is 0 Å². The zero-order valence-electron chi connectivity index (χ0n) is 20.8. The van der Waals surface area contributed by atoms with Gasteiger partial charge in [-0.15, -0.1) is 0 Å². The van der Waals surface area contributed by atoms with Gasteiger partial charge in [0.2, 0.25) is 0 Å². The fourth-order valence-electron chi connectivity index (χ4n) is 4.69. The lowest BCUT2D eigenvalue weighted by molar-refractivity contribution is -0.132. The summed E-state index contributed by atoms with van der Waals surface area (Å²) >= 11 is 0. The Morgan fingerprint density at radius 3 is 2.26 bits per heavy atom. The third kappa shape index (κ3) is 4.34. The summed E-state index contributed by atoms with van der Waals surface area (Å²) in [5, 5.41) is 11.5. The molecule has 0 spiro atoms. The van der Waals surface area contributed by atoms with Crippen molar-refractivity contribution in [2.75, 3.05) is 11.5 Å². The molecule has 0 saturated carbocycles. The molecule has 35 heavy (non-hydrogen) atoms. The molecule has 0 aliphatic carbocycles. The van der Waals surface area contributed by atoms with Gasteiger partial charge in [0.25, 0.3) is 11.7 Å². The van der Waals surface area contributed by atoms with E-state index in [4.69, 9.17) is 4.74 Å². The smallest absolute Gasteiger partial charge is 0.300 e. The molecule has 1 heterocycles. The van der Waals surface area contributed by atoms with Crippen LogP contribution in [0.1, 0.15) is 60.5 Å². The SMILES string of the molecule is CCOc1ccc(/C(O)=C2\C(=O)C(=O)N(c3ccccc3C)C2c2ccccc2C)cc1C(C)C. The monoisotopic (exact) mass is 469 g/mol. The molecule has 4 rings (SSSR count). The first-order chi connectivity index (χ1) is 16.8. The van der Waals surface area contributed by atoms with Gasteiger partial charge in [-0.05, 0) is 73.2 Å². The molecule has 180 valence electrons. The lowest BCUT2D eigenvalue weighted by atomic mass is 9.91. The van der Waals surface area contributed by atoms with Crippen LogP contribution in [0.3, 0.4) is 0 Å². The molecule has 1 atom stereocenters. The van der Waals surface area contributed by atoms with Crippen molar-refractivity contribution in [2.24, 2.45) is 0 Å². The number of hydrogen-bond acceptors (Lipinski definition) is 4. The van der Waals surface area contributed by atoms with Gasteiger partial charge in [-0.3, -0.25) is 14.5 Å². The third-order valence-corrected chi connectivity index (χ3v) is 6.51. The highest BCUT2D eigenvalue weighted by molar-refractivity contribution is 6.51. The molecular weight excluding hydrogens is 438 g/mol. The number of ether oxygens (including phenoxy) is 1. The van der Waals surface area contributed by atoms with E-state index in [1.165, 1.54) is 4.90 Å². The Bertz CT molecular complexity index is 1320. The van der Waals surface area contributed by atoms with Crippen molar-refractivity contribution in [3.05, 3.63) is 100 Å². The van der Waals surface area contributed by atoms with Crippen LogP contribution in [0.25, 0.3) is 5.76 Å². The second-order valence-corrected chi connectivity index (χ2v) is 9.15. The van der Waals surface area contributed by atoms with Gasteiger partial charge in [0, 0.05) is 11.3 Å². The van der Waals surface area contributed by atoms with Crippen LogP contribution in [0, 0.1) is 13.8 Å². The largest absolute Gasteiger partial charge is 0.507 e. The summed E-state index contributed by atoms with van der Waals surface area (Å²) < 4.78 is 5.76. The first-order valence-electron chi connectivity index (χ1n) is 12.0. The molecule has 1 N–H and O–H groups in total. The predicted molar refractivity (Wildman–Crippen MR) is 139 cm³/mol. The topological polar surface area (TPSA) is 66.8 Å². The normalized spacial score (nSPS) is 17.3. The quantitative estimate of drug-likeness (QED) is 0.256. The number of carbonyl (C=O) groups is 2. The molecule has 0 aromatic heterocycles. The van der Waals surface area contributed by atoms with Crippen molar-refractivity contribution < 1.29 is 19.4 Å². The van der Waals surface area contributed by atoms with Gasteiger partial charge < -0.3 is 9.84 Å². The highest BCUT2D eigenvalue weighted by Gasteiger charge is 2.47. The molecule has 5 heteroatoms. The number of aliphatic hydroxyl groups excluding tert-OH is 1. The number of rotatable bonds is 6. The number of para-hydroxylation sites is 1. The molecular formula is C30H31NO4. The van der Waals surface area contributed by atoms with Crippen molar-refractivity contribution in [1.29, 1.82) is 0 Å². The zero-order valence-corrected chi connectivity index (χ0v) is 20.8. The number of carbonyl (C=O) groups excluding carboxylic acids is 2. The summed E-state index contributed by atoms with van der Waals surface area (Å²) in [6.07, 6.45) is 0. The standard InChI is InChI=1S/C30H31NO4/c1-6-35-25-16-15-21(17-23(25)18(2)3)28(32)26-27(22-13-9-7-11-19(22)4)31(30(34)29(26)33)24-14-10-8-12-20(24)5/h7-18,27,32H,6H2,1-5H3/b28-26+. The first-order valence-corrected chi connectivity index (χ1v) is 12.0. The van der Waals surface area contributed by atoms with E-state index >= 15 is 0 Å². The summed E-state index contributed by atoms with van der Waals surface area (Å²) in [6, 6.07) is 19.8. The van der Waals surface area contributed by atoms with E-state index in [9.17, 15) is 14.7 Å². The van der Waals surface area contributed by atoms with E-state index in [1.54, 1.807) is 6.07 Å². The molecule has 1 amide bonds. The number of amides is 1. The van der Waals surface area contributed by atoms with Crippen LogP contribution in [-0.4, -0.2) is 23.4 Å². The van der Waals surface area contributed by atoms with E-state index in [1.807, 2.05) is 95.3 Å². The lowest BCUT2D eigenvalue weighted by Crippen LogP contribution is -2.30. The minimum atomic E-state index is -0.744. The van der Waals surface area contributed by atoms with E-state index in [0.29, 0.717) is 17.9 Å². The lowest BCUT2D eigenvalue weighted by Gasteiger charge is -2.28. The number of anilines is 1. The van der Waals surface area contributed by atoms with Crippen molar-refractivity contribution in [3.8, 4) is 5.75 Å². The van der Waals surface area contributed by atoms with Crippen molar-refractivity contribution in [1.82, 2.24) is 0 Å². The summed E-state index contributed by atoms with van der Waals surface area (Å²) in [5.74, 6) is -0.638. The van der Waals surface area contributed by atoms with Gasteiger partial charge in [0.15, 0.2) is 0 Å². The predicted octanol–water partition coefficient (Wildman–Crippen LogP) is 6.45. The Morgan fingerprint density at radius 2 is 1.63 bits per heavy atom. The highest BCUT2D eigenvalue weighted by atomic mass is 16.5. The van der Waals surface area contributed by atoms with Crippen LogP contribution >= 0.6 is 0 Å². The summed E-state index contributed by atoms with van der Waals surface area (Å²) in [7, 11) is 0. The Morgan fingerprint density at radius 1 is 0.971 bits per heavy atom. The second-order valence-electron chi connectivity index (χ2n) is 9.15. The summed E-state index contributed by atoms with van der Waals surface area (Å²) in [4.78, 5) is 28.4. The van der Waals surface area contributed by atoms with Crippen LogP contribution in [0.15, 0.2) is 72.3 Å². The maximum Gasteiger partial charge on any atom is 0.300 e. The van der Waals surface area contributed by atoms with Gasteiger partial charge in [-0.2, -0.15) is 0 Å². The summed E-state index contributed by atoms with van der Waals surface area (Å²) in [5.41, 5.74) is 4.75. The highest BCUT2D eigenvalue weighted by Crippen LogP contribution is 2.44. The first kappa shape index (κ1) is 24.3. The Balaban J connectivity index is 1.97. The average Bonchev–Trinajstić information content (AvgIpc) is 3.09. The molecule has 1 fully saturated rings. The van der Waals surface area contributed by atoms with Crippen molar-refractivity contribution in [2.45, 2.75) is 46.6 Å². The van der Waals surface area contributed by atoms with Crippen molar-refractivity contribution >= 4 is 23.1 Å². The molecule has 3 aromatic carbocycles. The third-order valence-electron chi connectivity index (χ3n) is 6.51. The molecule has 1 aliphatic rings. The number of aryl methyl sites for hydroxylation is 2. The number of Topliss-reactive ketones (excluding diaryl/α,β-unsaturated/α-hetero) is 1. The molecule has 3 aromatic rings. The molecule has 1 unspecified atom stereocenters. The Hall–Kier alpha value is -3.86. The van der Waals surface area contributed by atoms with Crippen molar-refractivity contribution in [3.63, 3.8) is 0 Å². The van der Waals surface area contributed by atoms with Crippen LogP contribution in [0.2, 0.25) is 0 Å². The van der Waals surface area contributed by atoms with Crippen LogP contribution in [0.5, 0.6) is 5.75 Å². The van der Waals surface area contributed by atoms with E-state index < -0.39 is 17.7 Å². The maximum absolute atomic E-state index is 13.5. The molecule has 1 saturated heterocycles. The van der Waals surface area contributed by atoms with Crippen LogP contribution < -0.4 is 9.64 Å². The number of ketones is 1. The Labute approximate surface area is 206 Å². The van der Waals surface area contributed by atoms with Gasteiger partial charge in [-0.1, -0.05) is 56.3 Å². The maximum atomic E-state index is 13.5. The summed E-state index contributed by atoms with van der Waals surface area (Å²) in [6.45, 7) is 10.4. The van der Waals surface area contributed by atoms with E-state index in [2.05, 4.69) is 0 Å². The fraction of sp³-hybridized carbons (Fsp3) is 0.267. The zero-order chi connectivity index (χ0) is 25.3. The number of nitrogens with zero attached hydrogens (tertiary/aromatic N) is 1.